The molecule has 1 aromatic heterocycles. The molecular formula is C23H28N4O2S. The van der Waals surface area contributed by atoms with Crippen LogP contribution in [0.3, 0.4) is 0 Å². The van der Waals surface area contributed by atoms with Gasteiger partial charge in [0.25, 0.3) is 0 Å². The Hall–Kier alpha value is -2.51. The molecule has 1 saturated heterocycles. The molecule has 2 heterocycles. The minimum absolute atomic E-state index is 0.0601. The highest BCUT2D eigenvalue weighted by Gasteiger charge is 2.21. The Kier molecular flexibility index (Phi) is 6.59. The largest absolute Gasteiger partial charge is 0.497 e. The van der Waals surface area contributed by atoms with Crippen molar-refractivity contribution in [3.8, 4) is 5.75 Å². The lowest BCUT2D eigenvalue weighted by atomic mass is 10.0. The summed E-state index contributed by atoms with van der Waals surface area (Å²) in [7, 11) is 1.69. The van der Waals surface area contributed by atoms with Crippen molar-refractivity contribution in [1.29, 1.82) is 0 Å². The van der Waals surface area contributed by atoms with E-state index in [1.54, 1.807) is 7.11 Å². The number of nitrogens with one attached hydrogen (secondary N) is 2. The average Bonchev–Trinajstić information content (AvgIpc) is 3.15. The maximum Gasteiger partial charge on any atom is 0.230 e. The van der Waals surface area contributed by atoms with Crippen molar-refractivity contribution in [3.63, 3.8) is 0 Å². The van der Waals surface area contributed by atoms with Crippen LogP contribution in [0.4, 0.5) is 0 Å². The number of aromatic amines is 1. The van der Waals surface area contributed by atoms with Gasteiger partial charge in [0.1, 0.15) is 5.75 Å². The van der Waals surface area contributed by atoms with E-state index in [1.807, 2.05) is 24.3 Å². The number of hydrogen-bond donors (Lipinski definition) is 2. The molecule has 0 unspecified atom stereocenters. The Morgan fingerprint density at radius 2 is 2.23 bits per heavy atom. The average molecular weight is 425 g/mol. The van der Waals surface area contributed by atoms with Gasteiger partial charge in [-0.3, -0.25) is 9.69 Å². The van der Waals surface area contributed by atoms with Crippen LogP contribution in [0.5, 0.6) is 5.75 Å². The van der Waals surface area contributed by atoms with Gasteiger partial charge in [-0.2, -0.15) is 0 Å². The number of aryl methyl sites for hydroxylation is 1. The van der Waals surface area contributed by atoms with Crippen LogP contribution in [0.2, 0.25) is 0 Å². The summed E-state index contributed by atoms with van der Waals surface area (Å²) in [5.74, 6) is 1.31. The number of carbonyl (C=O) groups excluding carboxylic acids is 1. The molecule has 6 nitrogen and oxygen atoms in total. The van der Waals surface area contributed by atoms with Crippen LogP contribution < -0.4 is 10.1 Å². The number of piperidine rings is 1. The van der Waals surface area contributed by atoms with E-state index in [0.29, 0.717) is 5.75 Å². The van der Waals surface area contributed by atoms with Gasteiger partial charge in [-0.05, 0) is 61.7 Å². The molecule has 2 N–H and O–H groups in total. The number of thioether (sulfide) groups is 1. The van der Waals surface area contributed by atoms with Crippen LogP contribution in [-0.2, 0) is 11.3 Å². The van der Waals surface area contributed by atoms with E-state index < -0.39 is 0 Å². The molecule has 1 aliphatic heterocycles. The topological polar surface area (TPSA) is 70.2 Å². The molecule has 1 amide bonds. The van der Waals surface area contributed by atoms with Gasteiger partial charge in [0.2, 0.25) is 5.91 Å². The molecular weight excluding hydrogens is 396 g/mol. The van der Waals surface area contributed by atoms with Gasteiger partial charge in [0, 0.05) is 19.1 Å². The first-order valence-corrected chi connectivity index (χ1v) is 11.3. The maximum absolute atomic E-state index is 12.5. The number of methoxy groups -OCH3 is 1. The highest BCUT2D eigenvalue weighted by molar-refractivity contribution is 7.99. The minimum Gasteiger partial charge on any atom is -0.497 e. The standard InChI is InChI=1S/C23H28N4O2S/c1-16-8-9-20-21(11-16)26-23(25-20)30-15-22(28)24-18-6-4-10-27(14-18)13-17-5-3-7-19(12-17)29-2/h3,5,7-9,11-12,18H,4,6,10,13-15H2,1-2H3,(H,24,28)(H,25,26)/t18-/m0/s1. The second-order valence-corrected chi connectivity index (χ2v) is 8.81. The van der Waals surface area contributed by atoms with E-state index >= 15 is 0 Å². The van der Waals surface area contributed by atoms with E-state index in [0.717, 1.165) is 54.4 Å². The number of nitrogens with zero attached hydrogens (tertiary/aromatic N) is 2. The Balaban J connectivity index is 1.27. The third-order valence-corrected chi connectivity index (χ3v) is 6.24. The number of aromatic nitrogens is 2. The van der Waals surface area contributed by atoms with Gasteiger partial charge < -0.3 is 15.0 Å². The molecule has 1 atom stereocenters. The molecule has 0 spiro atoms. The predicted molar refractivity (Wildman–Crippen MR) is 121 cm³/mol. The van der Waals surface area contributed by atoms with Crippen LogP contribution in [0.15, 0.2) is 47.6 Å². The third-order valence-electron chi connectivity index (χ3n) is 5.37. The van der Waals surface area contributed by atoms with E-state index in [9.17, 15) is 4.79 Å². The van der Waals surface area contributed by atoms with E-state index in [4.69, 9.17) is 4.74 Å². The third kappa shape index (κ3) is 5.34. The number of benzene rings is 2. The Bertz CT molecular complexity index is 1020. The van der Waals surface area contributed by atoms with Crippen molar-refractivity contribution in [2.45, 2.75) is 37.5 Å². The van der Waals surface area contributed by atoms with Crippen molar-refractivity contribution in [2.75, 3.05) is 26.0 Å². The molecule has 2 aromatic carbocycles. The summed E-state index contributed by atoms with van der Waals surface area (Å²) in [4.78, 5) is 22.7. The van der Waals surface area contributed by atoms with E-state index in [2.05, 4.69) is 45.3 Å². The second kappa shape index (κ2) is 9.53. The normalized spacial score (nSPS) is 17.2. The molecule has 0 saturated carbocycles. The molecule has 7 heteroatoms. The Morgan fingerprint density at radius 3 is 3.10 bits per heavy atom. The Labute approximate surface area is 181 Å². The highest BCUT2D eigenvalue weighted by atomic mass is 32.2. The summed E-state index contributed by atoms with van der Waals surface area (Å²) in [6.45, 7) is 4.85. The molecule has 0 bridgehead atoms. The first kappa shape index (κ1) is 20.8. The molecule has 1 fully saturated rings. The first-order chi connectivity index (χ1) is 14.6. The van der Waals surface area contributed by atoms with Crippen molar-refractivity contribution in [2.24, 2.45) is 0 Å². The zero-order valence-corrected chi connectivity index (χ0v) is 18.3. The van der Waals surface area contributed by atoms with Gasteiger partial charge in [-0.25, -0.2) is 4.98 Å². The number of likely N-dealkylation sites (tertiary alicyclic amines) is 1. The number of H-pyrrole nitrogens is 1. The molecule has 3 aromatic rings. The summed E-state index contributed by atoms with van der Waals surface area (Å²) < 4.78 is 5.32. The number of carbonyl (C=O) groups is 1. The molecule has 4 rings (SSSR count). The lowest BCUT2D eigenvalue weighted by Crippen LogP contribution is -2.47. The first-order valence-electron chi connectivity index (χ1n) is 10.3. The van der Waals surface area contributed by atoms with Crippen LogP contribution >= 0.6 is 11.8 Å². The molecule has 1 aliphatic rings. The number of rotatable bonds is 7. The van der Waals surface area contributed by atoms with Crippen LogP contribution in [0.1, 0.15) is 24.0 Å². The number of amides is 1. The smallest absolute Gasteiger partial charge is 0.230 e. The number of imidazole rings is 1. The van der Waals surface area contributed by atoms with Gasteiger partial charge in [0.05, 0.1) is 23.9 Å². The predicted octanol–water partition coefficient (Wildman–Crippen LogP) is 3.75. The van der Waals surface area contributed by atoms with Crippen molar-refractivity contribution >= 4 is 28.7 Å². The van der Waals surface area contributed by atoms with Gasteiger partial charge in [0.15, 0.2) is 5.16 Å². The summed E-state index contributed by atoms with van der Waals surface area (Å²) in [5, 5.41) is 3.99. The van der Waals surface area contributed by atoms with Crippen LogP contribution in [0, 0.1) is 6.92 Å². The zero-order valence-electron chi connectivity index (χ0n) is 17.5. The maximum atomic E-state index is 12.5. The molecule has 0 radical (unpaired) electrons. The van der Waals surface area contributed by atoms with Crippen LogP contribution in [-0.4, -0.2) is 52.8 Å². The zero-order chi connectivity index (χ0) is 20.9. The molecule has 30 heavy (non-hydrogen) atoms. The highest BCUT2D eigenvalue weighted by Crippen LogP contribution is 2.21. The number of ether oxygens (including phenoxy) is 1. The van der Waals surface area contributed by atoms with Gasteiger partial charge in [-0.1, -0.05) is 30.0 Å². The summed E-state index contributed by atoms with van der Waals surface area (Å²) in [5.41, 5.74) is 4.37. The van der Waals surface area contributed by atoms with Crippen molar-refractivity contribution < 1.29 is 9.53 Å². The molecule has 158 valence electrons. The van der Waals surface area contributed by atoms with Crippen LogP contribution in [0.25, 0.3) is 11.0 Å². The lowest BCUT2D eigenvalue weighted by Gasteiger charge is -2.33. The number of hydrogen-bond acceptors (Lipinski definition) is 5. The molecule has 0 aliphatic carbocycles. The lowest BCUT2D eigenvalue weighted by molar-refractivity contribution is -0.119. The van der Waals surface area contributed by atoms with Crippen molar-refractivity contribution in [3.05, 3.63) is 53.6 Å². The quantitative estimate of drug-likeness (QED) is 0.565. The SMILES string of the molecule is COc1cccc(CN2CCC[C@H](NC(=O)CSc3nc4ccc(C)cc4[nH]3)C2)c1. The van der Waals surface area contributed by atoms with Gasteiger partial charge >= 0.3 is 0 Å². The summed E-state index contributed by atoms with van der Waals surface area (Å²) in [6.07, 6.45) is 2.11. The van der Waals surface area contributed by atoms with E-state index in [1.165, 1.54) is 22.9 Å². The van der Waals surface area contributed by atoms with Gasteiger partial charge in [-0.15, -0.1) is 0 Å². The number of fused-ring (bicyclic) bond motifs is 1. The van der Waals surface area contributed by atoms with E-state index in [-0.39, 0.29) is 11.9 Å². The fourth-order valence-electron chi connectivity index (χ4n) is 3.92. The Morgan fingerprint density at radius 1 is 1.33 bits per heavy atom. The fraction of sp³-hybridized carbons (Fsp3) is 0.391. The fourth-order valence-corrected chi connectivity index (χ4v) is 4.61. The second-order valence-electron chi connectivity index (χ2n) is 7.84. The summed E-state index contributed by atoms with van der Waals surface area (Å²) in [6, 6.07) is 14.5. The van der Waals surface area contributed by atoms with Crippen molar-refractivity contribution in [1.82, 2.24) is 20.2 Å². The minimum atomic E-state index is 0.0601. The monoisotopic (exact) mass is 424 g/mol. The summed E-state index contributed by atoms with van der Waals surface area (Å²) >= 11 is 1.45.